The van der Waals surface area contributed by atoms with E-state index in [1.807, 2.05) is 13.0 Å². The third-order valence-corrected chi connectivity index (χ3v) is 4.53. The van der Waals surface area contributed by atoms with Crippen LogP contribution in [0.15, 0.2) is 43.4 Å². The molecule has 0 aromatic carbocycles. The lowest BCUT2D eigenvalue weighted by atomic mass is 9.93. The lowest BCUT2D eigenvalue weighted by molar-refractivity contribution is 0.493. The first-order chi connectivity index (χ1) is 12.8. The van der Waals surface area contributed by atoms with Crippen molar-refractivity contribution in [2.45, 2.75) is 25.7 Å². The van der Waals surface area contributed by atoms with Crippen molar-refractivity contribution in [3.05, 3.63) is 54.8 Å². The average Bonchev–Trinajstić information content (AvgIpc) is 2.69. The van der Waals surface area contributed by atoms with E-state index in [4.69, 9.17) is 0 Å². The summed E-state index contributed by atoms with van der Waals surface area (Å²) in [5.41, 5.74) is 1.97. The Labute approximate surface area is 151 Å². The molecular weight excluding hydrogens is 328 g/mol. The predicted molar refractivity (Wildman–Crippen MR) is 98.3 cm³/mol. The maximum absolute atomic E-state index is 4.59. The molecule has 3 aromatic rings. The third kappa shape index (κ3) is 3.58. The summed E-state index contributed by atoms with van der Waals surface area (Å²) in [5.74, 6) is 2.77. The highest BCUT2D eigenvalue weighted by Gasteiger charge is 2.25. The number of anilines is 3. The van der Waals surface area contributed by atoms with Gasteiger partial charge in [-0.15, -0.1) is 0 Å². The molecule has 0 aliphatic carbocycles. The first-order valence-corrected chi connectivity index (χ1v) is 8.67. The lowest BCUT2D eigenvalue weighted by Crippen LogP contribution is -2.34. The molecule has 0 saturated carbocycles. The minimum absolute atomic E-state index is 0.349. The molecule has 4 heterocycles. The molecule has 0 radical (unpaired) electrons. The molecule has 1 aliphatic rings. The minimum Gasteiger partial charge on any atom is -0.356 e. The van der Waals surface area contributed by atoms with Crippen molar-refractivity contribution in [1.82, 2.24) is 29.9 Å². The van der Waals surface area contributed by atoms with Gasteiger partial charge in [0, 0.05) is 55.6 Å². The second-order valence-corrected chi connectivity index (χ2v) is 6.28. The first-order valence-electron chi connectivity index (χ1n) is 8.67. The topological polar surface area (TPSA) is 92.6 Å². The van der Waals surface area contributed by atoms with Gasteiger partial charge in [-0.3, -0.25) is 9.97 Å². The summed E-state index contributed by atoms with van der Waals surface area (Å²) < 4.78 is 0. The van der Waals surface area contributed by atoms with Gasteiger partial charge in [-0.25, -0.2) is 19.9 Å². The molecule has 1 saturated heterocycles. The van der Waals surface area contributed by atoms with Gasteiger partial charge in [0.25, 0.3) is 0 Å². The predicted octanol–water partition coefficient (Wildman–Crippen LogP) is 2.49. The van der Waals surface area contributed by atoms with E-state index in [0.717, 1.165) is 49.0 Å². The van der Waals surface area contributed by atoms with Crippen LogP contribution in [0, 0.1) is 6.92 Å². The minimum atomic E-state index is 0.349. The normalized spacial score (nSPS) is 15.0. The van der Waals surface area contributed by atoms with E-state index < -0.39 is 0 Å². The summed E-state index contributed by atoms with van der Waals surface area (Å²) >= 11 is 0. The Kier molecular flexibility index (Phi) is 4.63. The van der Waals surface area contributed by atoms with E-state index in [-0.39, 0.29) is 0 Å². The quantitative estimate of drug-likeness (QED) is 0.769. The van der Waals surface area contributed by atoms with Crippen molar-refractivity contribution in [2.24, 2.45) is 0 Å². The van der Waals surface area contributed by atoms with Gasteiger partial charge in [0.2, 0.25) is 0 Å². The summed E-state index contributed by atoms with van der Waals surface area (Å²) in [4.78, 5) is 28.3. The molecule has 4 rings (SSSR count). The number of nitrogens with one attached hydrogen (secondary N) is 1. The summed E-state index contributed by atoms with van der Waals surface area (Å²) in [5, 5.41) is 3.24. The van der Waals surface area contributed by atoms with Crippen LogP contribution in [0.5, 0.6) is 0 Å². The zero-order valence-corrected chi connectivity index (χ0v) is 14.6. The fraction of sp³-hybridized carbons (Fsp3) is 0.333. The number of rotatable bonds is 4. The summed E-state index contributed by atoms with van der Waals surface area (Å²) in [6.45, 7) is 3.85. The third-order valence-electron chi connectivity index (χ3n) is 4.53. The van der Waals surface area contributed by atoms with Crippen LogP contribution in [-0.4, -0.2) is 43.0 Å². The Bertz CT molecular complexity index is 862. The van der Waals surface area contributed by atoms with Gasteiger partial charge in [-0.1, -0.05) is 0 Å². The maximum atomic E-state index is 4.59. The number of hydrogen-bond acceptors (Lipinski definition) is 8. The van der Waals surface area contributed by atoms with Crippen LogP contribution in [0.4, 0.5) is 17.5 Å². The smallest absolute Gasteiger partial charge is 0.153 e. The van der Waals surface area contributed by atoms with Crippen LogP contribution >= 0.6 is 0 Å². The highest BCUT2D eigenvalue weighted by molar-refractivity contribution is 5.54. The van der Waals surface area contributed by atoms with E-state index in [2.05, 4.69) is 40.1 Å². The largest absolute Gasteiger partial charge is 0.356 e. The van der Waals surface area contributed by atoms with Crippen molar-refractivity contribution < 1.29 is 0 Å². The van der Waals surface area contributed by atoms with E-state index in [9.17, 15) is 0 Å². The van der Waals surface area contributed by atoms with E-state index in [1.54, 1.807) is 37.3 Å². The molecule has 8 heteroatoms. The molecule has 26 heavy (non-hydrogen) atoms. The van der Waals surface area contributed by atoms with Crippen LogP contribution in [0.2, 0.25) is 0 Å². The number of nitrogens with zero attached hydrogens (tertiary/aromatic N) is 7. The first kappa shape index (κ1) is 16.3. The Hall–Kier alpha value is -3.16. The molecule has 0 bridgehead atoms. The van der Waals surface area contributed by atoms with Gasteiger partial charge in [0.1, 0.15) is 18.0 Å². The molecule has 0 spiro atoms. The van der Waals surface area contributed by atoms with Crippen LogP contribution in [0.25, 0.3) is 0 Å². The fourth-order valence-corrected chi connectivity index (χ4v) is 3.22. The SMILES string of the molecule is Cc1cc(N2CCC(c3nccnc3Nc3cnccn3)CC2)ncn1. The molecule has 0 amide bonds. The molecule has 1 N–H and O–H groups in total. The van der Waals surface area contributed by atoms with Crippen molar-refractivity contribution in [3.63, 3.8) is 0 Å². The molecule has 3 aromatic heterocycles. The highest BCUT2D eigenvalue weighted by Crippen LogP contribution is 2.32. The standard InChI is InChI=1S/C18H20N8/c1-13-10-16(24-12-23-13)26-8-2-14(3-9-26)17-18(22-7-6-21-17)25-15-11-19-4-5-20-15/h4-7,10-12,14H,2-3,8-9H2,1H3,(H,20,22,25). The molecule has 0 unspecified atom stereocenters. The van der Waals surface area contributed by atoms with Crippen LogP contribution in [0.3, 0.4) is 0 Å². The molecule has 0 atom stereocenters. The second kappa shape index (κ2) is 7.38. The Balaban J connectivity index is 1.48. The summed E-state index contributed by atoms with van der Waals surface area (Å²) in [6.07, 6.45) is 12.0. The van der Waals surface area contributed by atoms with Crippen molar-refractivity contribution in [2.75, 3.05) is 23.3 Å². The van der Waals surface area contributed by atoms with E-state index >= 15 is 0 Å². The Morgan fingerprint density at radius 2 is 1.77 bits per heavy atom. The van der Waals surface area contributed by atoms with Crippen LogP contribution in [-0.2, 0) is 0 Å². The zero-order valence-electron chi connectivity index (χ0n) is 14.6. The number of piperidine rings is 1. The van der Waals surface area contributed by atoms with E-state index in [1.165, 1.54) is 0 Å². The summed E-state index contributed by atoms with van der Waals surface area (Å²) in [7, 11) is 0. The number of hydrogen-bond donors (Lipinski definition) is 1. The van der Waals surface area contributed by atoms with Crippen LogP contribution in [0.1, 0.15) is 30.1 Å². The number of aromatic nitrogens is 6. The zero-order chi connectivity index (χ0) is 17.8. The Morgan fingerprint density at radius 1 is 0.962 bits per heavy atom. The van der Waals surface area contributed by atoms with Gasteiger partial charge < -0.3 is 10.2 Å². The highest BCUT2D eigenvalue weighted by atomic mass is 15.2. The summed E-state index contributed by atoms with van der Waals surface area (Å²) in [6, 6.07) is 2.03. The average molecular weight is 348 g/mol. The van der Waals surface area contributed by atoms with Crippen molar-refractivity contribution >= 4 is 17.5 Å². The molecule has 1 aliphatic heterocycles. The van der Waals surface area contributed by atoms with Crippen molar-refractivity contribution in [1.29, 1.82) is 0 Å². The van der Waals surface area contributed by atoms with Gasteiger partial charge in [0.05, 0.1) is 11.9 Å². The Morgan fingerprint density at radius 3 is 2.54 bits per heavy atom. The fourth-order valence-electron chi connectivity index (χ4n) is 3.22. The van der Waals surface area contributed by atoms with E-state index in [0.29, 0.717) is 11.7 Å². The molecule has 1 fully saturated rings. The number of aryl methyl sites for hydroxylation is 1. The molecular formula is C18H20N8. The van der Waals surface area contributed by atoms with Crippen LogP contribution < -0.4 is 10.2 Å². The van der Waals surface area contributed by atoms with Gasteiger partial charge >= 0.3 is 0 Å². The molecule has 8 nitrogen and oxygen atoms in total. The molecule has 132 valence electrons. The maximum Gasteiger partial charge on any atom is 0.153 e. The monoisotopic (exact) mass is 348 g/mol. The lowest BCUT2D eigenvalue weighted by Gasteiger charge is -2.33. The van der Waals surface area contributed by atoms with Gasteiger partial charge in [0.15, 0.2) is 5.82 Å². The van der Waals surface area contributed by atoms with Crippen molar-refractivity contribution in [3.8, 4) is 0 Å². The van der Waals surface area contributed by atoms with Gasteiger partial charge in [-0.05, 0) is 19.8 Å². The van der Waals surface area contributed by atoms with Gasteiger partial charge in [-0.2, -0.15) is 0 Å². The second-order valence-electron chi connectivity index (χ2n) is 6.28.